The summed E-state index contributed by atoms with van der Waals surface area (Å²) in [5.41, 5.74) is 5.30. The molecule has 0 radical (unpaired) electrons. The van der Waals surface area contributed by atoms with E-state index in [4.69, 9.17) is 15.0 Å². The van der Waals surface area contributed by atoms with Crippen LogP contribution in [0, 0.1) is 0 Å². The van der Waals surface area contributed by atoms with Crippen LogP contribution < -0.4 is 0 Å². The van der Waals surface area contributed by atoms with Gasteiger partial charge in [0.15, 0.2) is 0 Å². The normalized spacial score (nSPS) is 11.7. The summed E-state index contributed by atoms with van der Waals surface area (Å²) in [6.45, 7) is 0. The predicted molar refractivity (Wildman–Crippen MR) is 206 cm³/mol. The van der Waals surface area contributed by atoms with Crippen LogP contribution in [-0.4, -0.2) is 29.5 Å². The summed E-state index contributed by atoms with van der Waals surface area (Å²) in [4.78, 5) is 15.3. The van der Waals surface area contributed by atoms with Crippen LogP contribution in [-0.2, 0) is 0 Å². The van der Waals surface area contributed by atoms with Gasteiger partial charge in [-0.2, -0.15) is 0 Å². The first-order valence-corrected chi connectivity index (χ1v) is 18.2. The zero-order valence-electron chi connectivity index (χ0n) is 26.3. The number of rotatable bonds is 4. The summed E-state index contributed by atoms with van der Waals surface area (Å²) in [6.07, 6.45) is 0. The Morgan fingerprint density at radius 2 is 0.918 bits per heavy atom. The van der Waals surface area contributed by atoms with Gasteiger partial charge in [0.2, 0.25) is 0 Å². The van der Waals surface area contributed by atoms with E-state index in [2.05, 4.69) is 146 Å². The molecule has 8 aromatic carbocycles. The molecule has 3 nitrogen and oxygen atoms in total. The fourth-order valence-corrected chi connectivity index (χ4v) is 9.64. The van der Waals surface area contributed by atoms with Crippen LogP contribution in [0.15, 0.2) is 164 Å². The van der Waals surface area contributed by atoms with Crippen molar-refractivity contribution in [2.24, 2.45) is 0 Å². The number of hydrogen-bond donors (Lipinski definition) is 0. The number of nitrogens with zero attached hydrogens (tertiary/aromatic N) is 3. The van der Waals surface area contributed by atoms with Crippen molar-refractivity contribution < 1.29 is 0 Å². The van der Waals surface area contributed by atoms with Gasteiger partial charge in [-0.15, -0.1) is 0 Å². The van der Waals surface area contributed by atoms with Crippen molar-refractivity contribution in [3.05, 3.63) is 164 Å². The third kappa shape index (κ3) is 4.76. The number of benzene rings is 8. The first-order chi connectivity index (χ1) is 24.3. The number of aromatic nitrogens is 3. The van der Waals surface area contributed by atoms with Crippen molar-refractivity contribution in [3.63, 3.8) is 0 Å². The summed E-state index contributed by atoms with van der Waals surface area (Å²) in [7, 11) is 0. The third-order valence-electron chi connectivity index (χ3n) is 9.51. The predicted octanol–water partition coefficient (Wildman–Crippen LogP) is 11.4. The van der Waals surface area contributed by atoms with Crippen molar-refractivity contribution in [2.75, 3.05) is 0 Å². The molecule has 0 aliphatic rings. The fourth-order valence-electron chi connectivity index (χ4n) is 7.10. The Morgan fingerprint density at radius 1 is 0.327 bits per heavy atom. The topological polar surface area (TPSA) is 38.7 Å². The molecular weight excluding hydrogens is 661 g/mol. The second-order valence-electron chi connectivity index (χ2n) is 12.4. The van der Waals surface area contributed by atoms with Crippen molar-refractivity contribution in [3.8, 4) is 45.3 Å². The minimum atomic E-state index is 0.175. The van der Waals surface area contributed by atoms with E-state index in [1.807, 2.05) is 18.2 Å². The molecule has 0 saturated heterocycles. The molecule has 0 aliphatic carbocycles. The summed E-state index contributed by atoms with van der Waals surface area (Å²) >= 11 is 0.175. The Hall–Kier alpha value is -5.93. The number of fused-ring (bicyclic) bond motifs is 8. The average Bonchev–Trinajstić information content (AvgIpc) is 3.57. The van der Waals surface area contributed by atoms with Crippen molar-refractivity contribution in [1.82, 2.24) is 15.0 Å². The van der Waals surface area contributed by atoms with Crippen molar-refractivity contribution >= 4 is 66.1 Å². The van der Waals surface area contributed by atoms with Crippen molar-refractivity contribution in [1.29, 1.82) is 0 Å². The van der Waals surface area contributed by atoms with E-state index in [9.17, 15) is 0 Å². The van der Waals surface area contributed by atoms with Gasteiger partial charge in [-0.3, -0.25) is 0 Å². The maximum atomic E-state index is 5.18. The Labute approximate surface area is 288 Å². The molecule has 0 fully saturated rings. The van der Waals surface area contributed by atoms with E-state index >= 15 is 0 Å². The molecule has 0 amide bonds. The Morgan fingerprint density at radius 3 is 1.80 bits per heavy atom. The van der Waals surface area contributed by atoms with Gasteiger partial charge in [0.05, 0.1) is 0 Å². The first-order valence-electron chi connectivity index (χ1n) is 16.4. The molecule has 2 heterocycles. The monoisotopic (exact) mass is 689 g/mol. The zero-order valence-corrected chi connectivity index (χ0v) is 28.1. The van der Waals surface area contributed by atoms with Crippen LogP contribution in [0.25, 0.3) is 96.9 Å². The van der Waals surface area contributed by atoms with Crippen molar-refractivity contribution in [2.45, 2.75) is 0 Å². The van der Waals surface area contributed by atoms with Gasteiger partial charge in [-0.1, -0.05) is 48.5 Å². The summed E-state index contributed by atoms with van der Waals surface area (Å²) < 4.78 is 2.73. The second kappa shape index (κ2) is 11.3. The molecule has 0 saturated carbocycles. The summed E-state index contributed by atoms with van der Waals surface area (Å²) in [5.74, 6) is 2.06. The zero-order chi connectivity index (χ0) is 32.3. The van der Waals surface area contributed by atoms with E-state index in [-0.39, 0.29) is 14.5 Å². The standard InChI is InChI=1S/C45H27N3Se/c1-2-11-30(12-3-1)43-46-44(48-45(47-43)39-18-9-17-38-37-16-6-7-19-41(37)49-42(38)39)33-14-8-13-31(26-33)32-21-20-29-23-24-35-34-15-5-4-10-28(34)22-25-36(35)40(29)27-32/h1-27H. The average molecular weight is 689 g/mol. The molecule has 0 unspecified atom stereocenters. The molecule has 4 heteroatoms. The van der Waals surface area contributed by atoms with Crippen LogP contribution in [0.4, 0.5) is 0 Å². The quantitative estimate of drug-likeness (QED) is 0.136. The van der Waals surface area contributed by atoms with Gasteiger partial charge in [0.1, 0.15) is 0 Å². The molecule has 0 aliphatic heterocycles. The Kier molecular flexibility index (Phi) is 6.51. The molecule has 228 valence electrons. The first kappa shape index (κ1) is 28.1. The molecule has 0 atom stereocenters. The maximum absolute atomic E-state index is 5.18. The fraction of sp³-hybridized carbons (Fsp3) is 0. The second-order valence-corrected chi connectivity index (χ2v) is 14.6. The van der Waals surface area contributed by atoms with E-state index in [0.29, 0.717) is 17.5 Å². The molecule has 2 aromatic heterocycles. The molecular formula is C45H27N3Se. The van der Waals surface area contributed by atoms with Gasteiger partial charge in [-0.25, -0.2) is 0 Å². The number of hydrogen-bond acceptors (Lipinski definition) is 3. The van der Waals surface area contributed by atoms with E-state index in [0.717, 1.165) is 27.8 Å². The van der Waals surface area contributed by atoms with Gasteiger partial charge < -0.3 is 0 Å². The van der Waals surface area contributed by atoms with Crippen LogP contribution in [0.2, 0.25) is 0 Å². The molecule has 49 heavy (non-hydrogen) atoms. The third-order valence-corrected chi connectivity index (χ3v) is 12.1. The minimum absolute atomic E-state index is 0.175. The SMILES string of the molecule is c1ccc(-c2nc(-c3cccc(-c4ccc5ccc6c7ccccc7ccc6c5c4)c3)nc(-c3cccc4c3[se]c3ccccc34)n2)cc1. The molecule has 10 rings (SSSR count). The van der Waals surface area contributed by atoms with E-state index in [1.54, 1.807) is 0 Å². The van der Waals surface area contributed by atoms with Gasteiger partial charge >= 0.3 is 225 Å². The van der Waals surface area contributed by atoms with Crippen LogP contribution >= 0.6 is 0 Å². The Balaban J connectivity index is 1.14. The molecule has 10 aromatic rings. The van der Waals surface area contributed by atoms with E-state index in [1.165, 1.54) is 51.6 Å². The molecule has 0 bridgehead atoms. The van der Waals surface area contributed by atoms with Crippen LogP contribution in [0.3, 0.4) is 0 Å². The summed E-state index contributed by atoms with van der Waals surface area (Å²) in [5, 5.41) is 10.2. The van der Waals surface area contributed by atoms with Gasteiger partial charge in [0, 0.05) is 0 Å². The van der Waals surface area contributed by atoms with Gasteiger partial charge in [-0.05, 0) is 16.2 Å². The van der Waals surface area contributed by atoms with E-state index < -0.39 is 0 Å². The van der Waals surface area contributed by atoms with Crippen LogP contribution in [0.1, 0.15) is 0 Å². The van der Waals surface area contributed by atoms with Gasteiger partial charge in [0.25, 0.3) is 0 Å². The summed E-state index contributed by atoms with van der Waals surface area (Å²) in [6, 6.07) is 58.5. The molecule has 0 spiro atoms. The van der Waals surface area contributed by atoms with Crippen LogP contribution in [0.5, 0.6) is 0 Å². The molecule has 0 N–H and O–H groups in total. The Bertz CT molecular complexity index is 2890.